The number of aliphatic carboxylic acids is 1. The number of furan rings is 1. The highest BCUT2D eigenvalue weighted by Crippen LogP contribution is 2.28. The molecule has 5 heteroatoms. The Labute approximate surface area is 104 Å². The van der Waals surface area contributed by atoms with E-state index in [1.54, 1.807) is 0 Å². The molecule has 3 heterocycles. The highest BCUT2D eigenvalue weighted by atomic mass is 16.4. The van der Waals surface area contributed by atoms with Gasteiger partial charge in [-0.25, -0.2) is 4.98 Å². The third-order valence-electron chi connectivity index (χ3n) is 3.40. The van der Waals surface area contributed by atoms with Gasteiger partial charge < -0.3 is 14.1 Å². The second-order valence-corrected chi connectivity index (χ2v) is 4.67. The summed E-state index contributed by atoms with van der Waals surface area (Å²) in [6.07, 6.45) is 3.24. The monoisotopic (exact) mass is 246 g/mol. The molecular weight excluding hydrogens is 232 g/mol. The Bertz CT molecular complexity index is 597. The second kappa shape index (κ2) is 4.01. The molecule has 1 atom stereocenters. The van der Waals surface area contributed by atoms with Crippen molar-refractivity contribution in [1.82, 2.24) is 9.55 Å². The Morgan fingerprint density at radius 2 is 2.39 bits per heavy atom. The Morgan fingerprint density at radius 3 is 3.06 bits per heavy atom. The summed E-state index contributed by atoms with van der Waals surface area (Å²) in [6, 6.07) is 3.75. The van der Waals surface area contributed by atoms with Gasteiger partial charge in [-0.05, 0) is 31.9 Å². The van der Waals surface area contributed by atoms with Crippen molar-refractivity contribution in [3.63, 3.8) is 0 Å². The zero-order chi connectivity index (χ0) is 12.7. The van der Waals surface area contributed by atoms with Crippen LogP contribution in [-0.4, -0.2) is 20.6 Å². The van der Waals surface area contributed by atoms with Crippen LogP contribution in [0, 0.1) is 12.8 Å². The molecule has 5 nitrogen and oxygen atoms in total. The van der Waals surface area contributed by atoms with E-state index in [1.807, 2.05) is 29.8 Å². The number of carbonyl (C=O) groups is 1. The number of aryl methyl sites for hydroxylation is 2. The van der Waals surface area contributed by atoms with E-state index in [0.29, 0.717) is 18.7 Å². The quantitative estimate of drug-likeness (QED) is 0.881. The van der Waals surface area contributed by atoms with Crippen molar-refractivity contribution >= 4 is 5.97 Å². The number of hydrogen-bond donors (Lipinski definition) is 1. The Kier molecular flexibility index (Phi) is 2.47. The number of rotatable bonds is 2. The number of fused-ring (bicyclic) bond motifs is 1. The standard InChI is InChI=1S/C13H14N2O3/c1-8-2-5-11(18-8)12-14-6-10-4-3-9(13(16)17)7-15(10)12/h2,5-6,9H,3-4,7H2,1H3,(H,16,17). The van der Waals surface area contributed by atoms with Crippen LogP contribution < -0.4 is 0 Å². The summed E-state index contributed by atoms with van der Waals surface area (Å²) in [5.41, 5.74) is 1.08. The number of carboxylic acid groups (broad SMARTS) is 1. The molecule has 0 saturated heterocycles. The third kappa shape index (κ3) is 1.72. The van der Waals surface area contributed by atoms with Crippen LogP contribution in [0.5, 0.6) is 0 Å². The highest BCUT2D eigenvalue weighted by Gasteiger charge is 2.27. The van der Waals surface area contributed by atoms with Gasteiger partial charge in [0.25, 0.3) is 0 Å². The maximum absolute atomic E-state index is 11.1. The number of nitrogens with zero attached hydrogens (tertiary/aromatic N) is 2. The van der Waals surface area contributed by atoms with E-state index in [2.05, 4.69) is 4.98 Å². The minimum atomic E-state index is -0.740. The van der Waals surface area contributed by atoms with Gasteiger partial charge in [-0.1, -0.05) is 0 Å². The van der Waals surface area contributed by atoms with Gasteiger partial charge in [-0.3, -0.25) is 4.79 Å². The predicted octanol–water partition coefficient (Wildman–Crippen LogP) is 2.10. The van der Waals surface area contributed by atoms with Gasteiger partial charge >= 0.3 is 5.97 Å². The summed E-state index contributed by atoms with van der Waals surface area (Å²) in [5, 5.41) is 9.11. The molecule has 18 heavy (non-hydrogen) atoms. The summed E-state index contributed by atoms with van der Waals surface area (Å²) < 4.78 is 7.52. The molecule has 0 spiro atoms. The molecule has 0 amide bonds. The average Bonchev–Trinajstić information content (AvgIpc) is 2.93. The molecule has 0 saturated carbocycles. The van der Waals surface area contributed by atoms with Crippen molar-refractivity contribution in [3.05, 3.63) is 29.8 Å². The fourth-order valence-corrected chi connectivity index (χ4v) is 2.40. The lowest BCUT2D eigenvalue weighted by Gasteiger charge is -2.21. The largest absolute Gasteiger partial charge is 0.481 e. The van der Waals surface area contributed by atoms with Crippen LogP contribution in [0.3, 0.4) is 0 Å². The minimum absolute atomic E-state index is 0.332. The SMILES string of the molecule is Cc1ccc(-c2ncc3n2CC(C(=O)O)CC3)o1. The van der Waals surface area contributed by atoms with Crippen molar-refractivity contribution in [3.8, 4) is 11.6 Å². The van der Waals surface area contributed by atoms with Gasteiger partial charge in [0.2, 0.25) is 0 Å². The molecule has 1 aliphatic heterocycles. The normalized spacial score (nSPS) is 18.6. The van der Waals surface area contributed by atoms with Gasteiger partial charge in [0.05, 0.1) is 5.92 Å². The number of imidazole rings is 1. The fraction of sp³-hybridized carbons (Fsp3) is 0.385. The van der Waals surface area contributed by atoms with Gasteiger partial charge in [0, 0.05) is 18.4 Å². The average molecular weight is 246 g/mol. The van der Waals surface area contributed by atoms with Crippen LogP contribution in [0.4, 0.5) is 0 Å². The third-order valence-corrected chi connectivity index (χ3v) is 3.40. The molecular formula is C13H14N2O3. The lowest BCUT2D eigenvalue weighted by atomic mass is 9.98. The smallest absolute Gasteiger partial charge is 0.308 e. The Morgan fingerprint density at radius 1 is 1.56 bits per heavy atom. The van der Waals surface area contributed by atoms with Crippen LogP contribution >= 0.6 is 0 Å². The topological polar surface area (TPSA) is 68.3 Å². The summed E-state index contributed by atoms with van der Waals surface area (Å²) in [4.78, 5) is 15.4. The van der Waals surface area contributed by atoms with Crippen molar-refractivity contribution < 1.29 is 14.3 Å². The van der Waals surface area contributed by atoms with E-state index < -0.39 is 5.97 Å². The van der Waals surface area contributed by atoms with Gasteiger partial charge in [-0.15, -0.1) is 0 Å². The number of aromatic nitrogens is 2. The molecule has 2 aromatic heterocycles. The second-order valence-electron chi connectivity index (χ2n) is 4.67. The molecule has 0 bridgehead atoms. The van der Waals surface area contributed by atoms with Crippen LogP contribution in [0.2, 0.25) is 0 Å². The lowest BCUT2D eigenvalue weighted by molar-refractivity contribution is -0.142. The Balaban J connectivity index is 1.99. The van der Waals surface area contributed by atoms with Crippen LogP contribution in [0.15, 0.2) is 22.7 Å². The highest BCUT2D eigenvalue weighted by molar-refractivity contribution is 5.70. The van der Waals surface area contributed by atoms with Crippen LogP contribution in [0.1, 0.15) is 17.9 Å². The predicted molar refractivity (Wildman–Crippen MR) is 64.1 cm³/mol. The van der Waals surface area contributed by atoms with Crippen LogP contribution in [0.25, 0.3) is 11.6 Å². The molecule has 0 radical (unpaired) electrons. The van der Waals surface area contributed by atoms with Gasteiger partial charge in [0.15, 0.2) is 11.6 Å². The lowest BCUT2D eigenvalue weighted by Crippen LogP contribution is -2.26. The van der Waals surface area contributed by atoms with Gasteiger partial charge in [0.1, 0.15) is 5.76 Å². The summed E-state index contributed by atoms with van der Waals surface area (Å²) in [6.45, 7) is 2.35. The van der Waals surface area contributed by atoms with Crippen molar-refractivity contribution in [2.24, 2.45) is 5.92 Å². The number of carboxylic acids is 1. The summed E-state index contributed by atoms with van der Waals surface area (Å²) >= 11 is 0. The fourth-order valence-electron chi connectivity index (χ4n) is 2.40. The minimum Gasteiger partial charge on any atom is -0.481 e. The zero-order valence-electron chi connectivity index (χ0n) is 10.1. The zero-order valence-corrected chi connectivity index (χ0v) is 10.1. The molecule has 3 rings (SSSR count). The Hall–Kier alpha value is -2.04. The molecule has 1 unspecified atom stereocenters. The molecule has 1 aliphatic rings. The first-order valence-corrected chi connectivity index (χ1v) is 5.99. The first-order valence-electron chi connectivity index (χ1n) is 5.99. The van der Waals surface area contributed by atoms with Crippen molar-refractivity contribution in [2.45, 2.75) is 26.3 Å². The molecule has 0 fully saturated rings. The molecule has 0 aromatic carbocycles. The first-order chi connectivity index (χ1) is 8.65. The summed E-state index contributed by atoms with van der Waals surface area (Å²) in [7, 11) is 0. The van der Waals surface area contributed by atoms with Gasteiger partial charge in [-0.2, -0.15) is 0 Å². The van der Waals surface area contributed by atoms with Crippen molar-refractivity contribution in [1.29, 1.82) is 0 Å². The van der Waals surface area contributed by atoms with E-state index in [9.17, 15) is 4.79 Å². The number of hydrogen-bond acceptors (Lipinski definition) is 3. The molecule has 1 N–H and O–H groups in total. The maximum Gasteiger partial charge on any atom is 0.308 e. The summed E-state index contributed by atoms with van der Waals surface area (Å²) in [5.74, 6) is 1.18. The van der Waals surface area contributed by atoms with E-state index >= 15 is 0 Å². The molecule has 94 valence electrons. The van der Waals surface area contributed by atoms with E-state index in [-0.39, 0.29) is 5.92 Å². The van der Waals surface area contributed by atoms with Crippen LogP contribution in [-0.2, 0) is 17.8 Å². The molecule has 0 aliphatic carbocycles. The van der Waals surface area contributed by atoms with E-state index in [0.717, 1.165) is 23.7 Å². The molecule has 2 aromatic rings. The van der Waals surface area contributed by atoms with E-state index in [1.165, 1.54) is 0 Å². The first kappa shape index (κ1) is 11.1. The maximum atomic E-state index is 11.1. The van der Waals surface area contributed by atoms with Crippen molar-refractivity contribution in [2.75, 3.05) is 0 Å². The van der Waals surface area contributed by atoms with E-state index in [4.69, 9.17) is 9.52 Å².